The lowest BCUT2D eigenvalue weighted by Gasteiger charge is -2.07. The summed E-state index contributed by atoms with van der Waals surface area (Å²) >= 11 is 6.01. The zero-order chi connectivity index (χ0) is 12.9. The van der Waals surface area contributed by atoms with E-state index in [1.54, 1.807) is 12.1 Å². The molecule has 3 heterocycles. The predicted molar refractivity (Wildman–Crippen MR) is 67.9 cm³/mol. The van der Waals surface area contributed by atoms with Gasteiger partial charge in [-0.15, -0.1) is 0 Å². The third-order valence-corrected chi connectivity index (χ3v) is 5.27. The minimum atomic E-state index is -2.99. The maximum absolute atomic E-state index is 11.5. The average Bonchev–Trinajstić information content (AvgIpc) is 2.81. The fraction of sp³-hybridized carbons (Fsp3) is 0.364. The third-order valence-electron chi connectivity index (χ3n) is 3.22. The maximum Gasteiger partial charge on any atom is 0.197 e. The Hall–Kier alpha value is -1.27. The van der Waals surface area contributed by atoms with E-state index < -0.39 is 9.84 Å². The van der Waals surface area contributed by atoms with Crippen molar-refractivity contribution in [3.63, 3.8) is 0 Å². The Morgan fingerprint density at radius 2 is 2.22 bits per heavy atom. The number of sulfone groups is 1. The lowest BCUT2D eigenvalue weighted by Crippen LogP contribution is -2.07. The van der Waals surface area contributed by atoms with Gasteiger partial charge in [0.05, 0.1) is 17.0 Å². The van der Waals surface area contributed by atoms with Gasteiger partial charge in [-0.05, 0) is 18.6 Å². The van der Waals surface area contributed by atoms with Gasteiger partial charge in [-0.25, -0.2) is 13.4 Å². The second-order valence-electron chi connectivity index (χ2n) is 4.47. The molecule has 1 aliphatic heterocycles. The number of hydrogen-bond acceptors (Lipinski definition) is 4. The summed E-state index contributed by atoms with van der Waals surface area (Å²) in [4.78, 5) is 4.20. The minimum Gasteiger partial charge on any atom is -0.494 e. The second-order valence-corrected chi connectivity index (χ2v) is 7.05. The number of nitrogens with zero attached hydrogens (tertiary/aromatic N) is 2. The minimum absolute atomic E-state index is 0.0196. The van der Waals surface area contributed by atoms with Crippen LogP contribution in [0, 0.1) is 0 Å². The van der Waals surface area contributed by atoms with E-state index >= 15 is 0 Å². The standard InChI is InChI=1S/C11H11ClN2O3S/c12-10-8-2-1-3-9(15)14(8)11(13-10)7-4-5-18(16,17)6-7/h1-3,7,15H,4-6H2. The van der Waals surface area contributed by atoms with Crippen LogP contribution in [0.2, 0.25) is 5.15 Å². The van der Waals surface area contributed by atoms with Crippen LogP contribution in [-0.2, 0) is 9.84 Å². The van der Waals surface area contributed by atoms with Crippen molar-refractivity contribution in [2.24, 2.45) is 0 Å². The van der Waals surface area contributed by atoms with Crippen molar-refractivity contribution in [3.05, 3.63) is 29.2 Å². The molecule has 18 heavy (non-hydrogen) atoms. The fourth-order valence-electron chi connectivity index (χ4n) is 2.38. The van der Waals surface area contributed by atoms with Crippen molar-refractivity contribution in [3.8, 4) is 5.88 Å². The summed E-state index contributed by atoms with van der Waals surface area (Å²) in [5.41, 5.74) is 0.593. The van der Waals surface area contributed by atoms with E-state index in [-0.39, 0.29) is 28.5 Å². The summed E-state index contributed by atoms with van der Waals surface area (Å²) in [6.45, 7) is 0. The van der Waals surface area contributed by atoms with E-state index in [9.17, 15) is 13.5 Å². The molecule has 7 heteroatoms. The zero-order valence-corrected chi connectivity index (χ0v) is 10.9. The molecular weight excluding hydrogens is 276 g/mol. The molecule has 2 aromatic heterocycles. The van der Waals surface area contributed by atoms with Crippen molar-refractivity contribution in [2.45, 2.75) is 12.3 Å². The highest BCUT2D eigenvalue weighted by molar-refractivity contribution is 7.91. The van der Waals surface area contributed by atoms with Crippen LogP contribution in [0.15, 0.2) is 18.2 Å². The maximum atomic E-state index is 11.5. The van der Waals surface area contributed by atoms with Crippen LogP contribution >= 0.6 is 11.6 Å². The summed E-state index contributed by atoms with van der Waals surface area (Å²) < 4.78 is 24.5. The first kappa shape index (κ1) is 11.8. The molecule has 1 saturated heterocycles. The molecule has 1 atom stereocenters. The Morgan fingerprint density at radius 3 is 2.89 bits per heavy atom. The highest BCUT2D eigenvalue weighted by Gasteiger charge is 2.32. The first-order valence-electron chi connectivity index (χ1n) is 5.54. The summed E-state index contributed by atoms with van der Waals surface area (Å²) in [6.07, 6.45) is 0.520. The number of fused-ring (bicyclic) bond motifs is 1. The summed E-state index contributed by atoms with van der Waals surface area (Å²) in [5.74, 6) is 0.567. The molecule has 1 unspecified atom stereocenters. The van der Waals surface area contributed by atoms with Gasteiger partial charge >= 0.3 is 0 Å². The SMILES string of the molecule is O=S1(=O)CCC(c2nc(Cl)c3cccc(O)n23)C1. The number of imidazole rings is 1. The Balaban J connectivity index is 2.19. The highest BCUT2D eigenvalue weighted by atomic mass is 35.5. The molecule has 1 N–H and O–H groups in total. The third kappa shape index (κ3) is 1.76. The van der Waals surface area contributed by atoms with Gasteiger partial charge in [0.1, 0.15) is 5.82 Å². The molecule has 5 nitrogen and oxygen atoms in total. The van der Waals surface area contributed by atoms with E-state index in [4.69, 9.17) is 11.6 Å². The smallest absolute Gasteiger partial charge is 0.197 e. The van der Waals surface area contributed by atoms with E-state index in [2.05, 4.69) is 4.98 Å². The molecular formula is C11H11ClN2O3S. The molecule has 0 saturated carbocycles. The molecule has 1 fully saturated rings. The van der Waals surface area contributed by atoms with Crippen molar-refractivity contribution in [1.29, 1.82) is 0 Å². The van der Waals surface area contributed by atoms with Gasteiger partial charge in [0.25, 0.3) is 0 Å². The summed E-state index contributed by atoms with van der Waals surface area (Å²) in [6, 6.07) is 4.94. The molecule has 1 aliphatic rings. The Morgan fingerprint density at radius 1 is 1.44 bits per heavy atom. The van der Waals surface area contributed by atoms with Gasteiger partial charge in [-0.2, -0.15) is 0 Å². The molecule has 0 radical (unpaired) electrons. The van der Waals surface area contributed by atoms with Gasteiger partial charge in [0.15, 0.2) is 20.9 Å². The lowest BCUT2D eigenvalue weighted by molar-refractivity contribution is 0.440. The first-order chi connectivity index (χ1) is 8.48. The van der Waals surface area contributed by atoms with Crippen LogP contribution < -0.4 is 0 Å². The molecule has 0 bridgehead atoms. The molecule has 0 aliphatic carbocycles. The molecule has 0 amide bonds. The van der Waals surface area contributed by atoms with E-state index in [1.165, 1.54) is 10.5 Å². The topological polar surface area (TPSA) is 71.7 Å². The van der Waals surface area contributed by atoms with E-state index in [1.807, 2.05) is 0 Å². The van der Waals surface area contributed by atoms with Gasteiger partial charge < -0.3 is 5.11 Å². The lowest BCUT2D eigenvalue weighted by atomic mass is 10.1. The second kappa shape index (κ2) is 3.86. The number of aromatic nitrogens is 2. The Kier molecular flexibility index (Phi) is 2.53. The average molecular weight is 287 g/mol. The van der Waals surface area contributed by atoms with Crippen LogP contribution in [0.4, 0.5) is 0 Å². The molecule has 0 spiro atoms. The van der Waals surface area contributed by atoms with Crippen LogP contribution in [0.1, 0.15) is 18.2 Å². The number of hydrogen-bond donors (Lipinski definition) is 1. The Bertz CT molecular complexity index is 723. The van der Waals surface area contributed by atoms with E-state index in [0.29, 0.717) is 17.8 Å². The first-order valence-corrected chi connectivity index (χ1v) is 7.74. The number of aromatic hydroxyl groups is 1. The van der Waals surface area contributed by atoms with Crippen molar-refractivity contribution in [2.75, 3.05) is 11.5 Å². The van der Waals surface area contributed by atoms with Gasteiger partial charge in [-0.1, -0.05) is 17.7 Å². The van der Waals surface area contributed by atoms with Crippen LogP contribution in [0.25, 0.3) is 5.52 Å². The van der Waals surface area contributed by atoms with Crippen molar-refractivity contribution in [1.82, 2.24) is 9.38 Å². The van der Waals surface area contributed by atoms with Crippen LogP contribution in [-0.4, -0.2) is 34.4 Å². The van der Waals surface area contributed by atoms with E-state index in [0.717, 1.165) is 0 Å². The van der Waals surface area contributed by atoms with Gasteiger partial charge in [0, 0.05) is 5.92 Å². The highest BCUT2D eigenvalue weighted by Crippen LogP contribution is 2.33. The van der Waals surface area contributed by atoms with Crippen molar-refractivity contribution >= 4 is 27.0 Å². The Labute approximate surface area is 109 Å². The molecule has 3 rings (SSSR count). The molecule has 2 aromatic rings. The van der Waals surface area contributed by atoms with Gasteiger partial charge in [-0.3, -0.25) is 4.40 Å². The fourth-order valence-corrected chi connectivity index (χ4v) is 4.35. The zero-order valence-electron chi connectivity index (χ0n) is 9.38. The summed E-state index contributed by atoms with van der Waals surface area (Å²) in [7, 11) is -2.99. The quantitative estimate of drug-likeness (QED) is 0.864. The van der Waals surface area contributed by atoms with Gasteiger partial charge in [0.2, 0.25) is 0 Å². The monoisotopic (exact) mass is 286 g/mol. The number of rotatable bonds is 1. The molecule has 0 aromatic carbocycles. The van der Waals surface area contributed by atoms with Crippen LogP contribution in [0.5, 0.6) is 5.88 Å². The van der Waals surface area contributed by atoms with Crippen LogP contribution in [0.3, 0.4) is 0 Å². The predicted octanol–water partition coefficient (Wildman–Crippen LogP) is 1.60. The van der Waals surface area contributed by atoms with Crippen molar-refractivity contribution < 1.29 is 13.5 Å². The normalized spacial score (nSPS) is 22.6. The number of halogens is 1. The number of pyridine rings is 1. The summed E-state index contributed by atoms with van der Waals surface area (Å²) in [5, 5.41) is 10.2. The molecule has 96 valence electrons. The largest absolute Gasteiger partial charge is 0.494 e.